The Kier molecular flexibility index (Phi) is 8.63. The highest BCUT2D eigenvalue weighted by Crippen LogP contribution is 2.33. The van der Waals surface area contributed by atoms with Gasteiger partial charge in [-0.3, -0.25) is 14.7 Å². The smallest absolute Gasteiger partial charge is 0.320 e. The van der Waals surface area contributed by atoms with Gasteiger partial charge in [-0.05, 0) is 32.6 Å². The van der Waals surface area contributed by atoms with Gasteiger partial charge in [-0.25, -0.2) is 19.7 Å². The number of Topliss-reactive ketones (excluding diaryl/α,β-unsaturated/α-hetero) is 1. The molecule has 2 aromatic heterocycles. The third-order valence-corrected chi connectivity index (χ3v) is 6.62. The maximum absolute atomic E-state index is 12.7. The number of fused-ring (bicyclic) bond motifs is 1. The van der Waals surface area contributed by atoms with E-state index in [1.165, 1.54) is 26.7 Å². The number of nitrogens with one attached hydrogen (secondary N) is 2. The first-order valence-electron chi connectivity index (χ1n) is 12.2. The van der Waals surface area contributed by atoms with E-state index in [1.807, 2.05) is 0 Å². The largest absolute Gasteiger partial charge is 0.462 e. The van der Waals surface area contributed by atoms with Crippen LogP contribution >= 0.6 is 0 Å². The fourth-order valence-electron chi connectivity index (χ4n) is 4.65. The number of urea groups is 1. The molecular weight excluding hydrogens is 488 g/mol. The maximum Gasteiger partial charge on any atom is 0.320 e. The summed E-state index contributed by atoms with van der Waals surface area (Å²) in [7, 11) is 1.43. The van der Waals surface area contributed by atoms with Gasteiger partial charge in [0.1, 0.15) is 36.5 Å². The van der Waals surface area contributed by atoms with E-state index < -0.39 is 30.6 Å². The van der Waals surface area contributed by atoms with Crippen molar-refractivity contribution in [3.05, 3.63) is 12.7 Å². The zero-order valence-electron chi connectivity index (χ0n) is 20.7. The number of ether oxygens (including phenoxy) is 3. The van der Waals surface area contributed by atoms with Crippen LogP contribution in [0.25, 0.3) is 11.2 Å². The maximum atomic E-state index is 12.7. The fourth-order valence-corrected chi connectivity index (χ4v) is 4.65. The van der Waals surface area contributed by atoms with E-state index in [1.54, 1.807) is 4.57 Å². The number of amides is 2. The lowest BCUT2D eigenvalue weighted by Gasteiger charge is -2.28. The molecule has 14 heteroatoms. The molecule has 1 aliphatic carbocycles. The number of aromatic nitrogens is 4. The van der Waals surface area contributed by atoms with Gasteiger partial charge in [0.2, 0.25) is 0 Å². The van der Waals surface area contributed by atoms with E-state index in [0.29, 0.717) is 36.8 Å². The van der Waals surface area contributed by atoms with Gasteiger partial charge in [-0.1, -0.05) is 0 Å². The molecular formula is C23H32N6O8. The Morgan fingerprint density at radius 2 is 1.92 bits per heavy atom. The summed E-state index contributed by atoms with van der Waals surface area (Å²) >= 11 is 0. The number of aliphatic hydroxyl groups excluding tert-OH is 2. The first kappa shape index (κ1) is 26.9. The van der Waals surface area contributed by atoms with Crippen molar-refractivity contribution >= 4 is 34.8 Å². The first-order chi connectivity index (χ1) is 17.8. The lowest BCUT2D eigenvalue weighted by molar-refractivity contribution is -0.151. The Hall–Kier alpha value is -3.20. The van der Waals surface area contributed by atoms with Crippen molar-refractivity contribution in [2.75, 3.05) is 19.0 Å². The predicted octanol–water partition coefficient (Wildman–Crippen LogP) is 0.437. The Morgan fingerprint density at radius 1 is 1.16 bits per heavy atom. The number of rotatable bonds is 9. The Labute approximate surface area is 212 Å². The number of imidazole rings is 1. The van der Waals surface area contributed by atoms with Crippen LogP contribution in [0.15, 0.2) is 12.7 Å². The monoisotopic (exact) mass is 520 g/mol. The first-order valence-corrected chi connectivity index (χ1v) is 12.2. The number of ketones is 1. The molecule has 37 heavy (non-hydrogen) atoms. The van der Waals surface area contributed by atoms with Gasteiger partial charge in [0.15, 0.2) is 23.2 Å². The van der Waals surface area contributed by atoms with Gasteiger partial charge in [0, 0.05) is 19.6 Å². The van der Waals surface area contributed by atoms with Crippen LogP contribution in [0.1, 0.15) is 51.7 Å². The summed E-state index contributed by atoms with van der Waals surface area (Å²) in [5.41, 5.74) is 0.675. The Morgan fingerprint density at radius 3 is 2.59 bits per heavy atom. The van der Waals surface area contributed by atoms with Gasteiger partial charge in [0.25, 0.3) is 0 Å². The van der Waals surface area contributed by atoms with Crippen molar-refractivity contribution < 1.29 is 38.8 Å². The zero-order chi connectivity index (χ0) is 26.5. The highest BCUT2D eigenvalue weighted by molar-refractivity contribution is 5.96. The number of nitrogens with zero attached hydrogens (tertiary/aromatic N) is 4. The second kappa shape index (κ2) is 11.9. The number of methoxy groups -OCH3 is 1. The van der Waals surface area contributed by atoms with Gasteiger partial charge < -0.3 is 34.5 Å². The van der Waals surface area contributed by atoms with E-state index in [0.717, 1.165) is 0 Å². The number of esters is 1. The molecule has 0 spiro atoms. The molecule has 1 saturated heterocycles. The summed E-state index contributed by atoms with van der Waals surface area (Å²) < 4.78 is 18.1. The SMILES string of the molecule is COC1C(O)[C@@H](CO)O[C@H]1n1cnc2c(NC(=O)NC3CCC(OC(=O)CCC(C)=O)CC3)ncnc21. The van der Waals surface area contributed by atoms with Crippen molar-refractivity contribution in [2.45, 2.75) is 82.1 Å². The molecule has 3 heterocycles. The van der Waals surface area contributed by atoms with Crippen molar-refractivity contribution in [1.82, 2.24) is 24.8 Å². The normalized spacial score (nSPS) is 27.7. The van der Waals surface area contributed by atoms with E-state index in [2.05, 4.69) is 25.6 Å². The standard InChI is InChI=1S/C23H32N6O8/c1-12(31)3-8-16(32)36-14-6-4-13(5-7-14)27-23(34)28-20-17-21(25-10-24-20)29(11-26-17)22-19(35-2)18(33)15(9-30)37-22/h10-11,13-15,18-19,22,30,33H,3-9H2,1-2H3,(H2,24,25,27,28,34)/t13?,14?,15-,18?,19?,22-/m1/s1. The molecule has 2 aromatic rings. The van der Waals surface area contributed by atoms with E-state index >= 15 is 0 Å². The summed E-state index contributed by atoms with van der Waals surface area (Å²) in [5, 5.41) is 25.4. The topological polar surface area (TPSA) is 187 Å². The molecule has 2 aliphatic rings. The highest BCUT2D eigenvalue weighted by Gasteiger charge is 2.45. The van der Waals surface area contributed by atoms with Crippen molar-refractivity contribution in [3.63, 3.8) is 0 Å². The summed E-state index contributed by atoms with van der Waals surface area (Å²) in [5.74, 6) is -0.234. The molecule has 2 unspecified atom stereocenters. The molecule has 2 amide bonds. The minimum absolute atomic E-state index is 0.0521. The molecule has 0 bridgehead atoms. The summed E-state index contributed by atoms with van der Waals surface area (Å²) in [4.78, 5) is 48.2. The Bertz CT molecular complexity index is 1120. The van der Waals surface area contributed by atoms with Crippen LogP contribution in [-0.2, 0) is 23.8 Å². The van der Waals surface area contributed by atoms with Crippen LogP contribution in [0.3, 0.4) is 0 Å². The van der Waals surface area contributed by atoms with Crippen LogP contribution < -0.4 is 10.6 Å². The van der Waals surface area contributed by atoms with Gasteiger partial charge in [-0.2, -0.15) is 0 Å². The lowest BCUT2D eigenvalue weighted by atomic mass is 9.93. The molecule has 4 N–H and O–H groups in total. The quantitative estimate of drug-likeness (QED) is 0.336. The third kappa shape index (κ3) is 6.21. The molecule has 4 atom stereocenters. The summed E-state index contributed by atoms with van der Waals surface area (Å²) in [6.07, 6.45) is 1.86. The minimum atomic E-state index is -1.04. The van der Waals surface area contributed by atoms with Crippen LogP contribution in [0, 0.1) is 0 Å². The number of anilines is 1. The molecule has 14 nitrogen and oxygen atoms in total. The zero-order valence-corrected chi connectivity index (χ0v) is 20.7. The van der Waals surface area contributed by atoms with Crippen LogP contribution in [0.5, 0.6) is 0 Å². The fraction of sp³-hybridized carbons (Fsp3) is 0.652. The average molecular weight is 521 g/mol. The highest BCUT2D eigenvalue weighted by atomic mass is 16.6. The predicted molar refractivity (Wildman–Crippen MR) is 127 cm³/mol. The molecule has 1 aliphatic heterocycles. The van der Waals surface area contributed by atoms with Crippen molar-refractivity contribution in [1.29, 1.82) is 0 Å². The molecule has 2 fully saturated rings. The second-order valence-electron chi connectivity index (χ2n) is 9.25. The summed E-state index contributed by atoms with van der Waals surface area (Å²) in [6, 6.07) is -0.563. The number of carbonyl (C=O) groups excluding carboxylic acids is 3. The van der Waals surface area contributed by atoms with Gasteiger partial charge in [0.05, 0.1) is 19.4 Å². The number of aliphatic hydroxyl groups is 2. The molecule has 202 valence electrons. The van der Waals surface area contributed by atoms with Gasteiger partial charge in [-0.15, -0.1) is 0 Å². The number of hydrogen-bond donors (Lipinski definition) is 4. The van der Waals surface area contributed by atoms with Crippen molar-refractivity contribution in [3.8, 4) is 0 Å². The molecule has 0 radical (unpaired) electrons. The van der Waals surface area contributed by atoms with E-state index in [4.69, 9.17) is 14.2 Å². The minimum Gasteiger partial charge on any atom is -0.462 e. The molecule has 1 saturated carbocycles. The van der Waals surface area contributed by atoms with Crippen molar-refractivity contribution in [2.24, 2.45) is 0 Å². The van der Waals surface area contributed by atoms with Gasteiger partial charge >= 0.3 is 12.0 Å². The lowest BCUT2D eigenvalue weighted by Crippen LogP contribution is -2.41. The molecule has 0 aromatic carbocycles. The third-order valence-electron chi connectivity index (χ3n) is 6.62. The van der Waals surface area contributed by atoms with Crippen LogP contribution in [0.2, 0.25) is 0 Å². The van der Waals surface area contributed by atoms with Crippen LogP contribution in [0.4, 0.5) is 10.6 Å². The Balaban J connectivity index is 1.33. The number of hydrogen-bond acceptors (Lipinski definition) is 11. The number of carbonyl (C=O) groups is 3. The average Bonchev–Trinajstić information content (AvgIpc) is 3.44. The van der Waals surface area contributed by atoms with E-state index in [9.17, 15) is 24.6 Å². The molecule has 4 rings (SSSR count). The van der Waals surface area contributed by atoms with E-state index in [-0.39, 0.29) is 49.2 Å². The van der Waals surface area contributed by atoms with Crippen LogP contribution in [-0.4, -0.2) is 91.7 Å². The second-order valence-corrected chi connectivity index (χ2v) is 9.25. The summed E-state index contributed by atoms with van der Waals surface area (Å²) in [6.45, 7) is 1.06.